The molecule has 2 atom stereocenters. The summed E-state index contributed by atoms with van der Waals surface area (Å²) in [6.45, 7) is 0. The van der Waals surface area contributed by atoms with Crippen LogP contribution >= 0.6 is 69.6 Å². The molecule has 0 bridgehead atoms. The molecule has 2 N–H and O–H groups in total. The number of anilines is 2. The minimum Gasteiger partial charge on any atom is -0.325 e. The summed E-state index contributed by atoms with van der Waals surface area (Å²) in [5.74, 6) is -2.47. The van der Waals surface area contributed by atoms with Crippen molar-refractivity contribution in [3.63, 3.8) is 0 Å². The molecular weight excluding hydrogens is 577 g/mol. The van der Waals surface area contributed by atoms with Gasteiger partial charge in [-0.2, -0.15) is 0 Å². The minimum absolute atomic E-state index is 0.124. The number of nitrogens with one attached hydrogen (secondary N) is 2. The highest BCUT2D eigenvalue weighted by Crippen LogP contribution is 2.36. The molecule has 2 amide bonds. The van der Waals surface area contributed by atoms with E-state index in [2.05, 4.69) is 10.6 Å². The zero-order valence-corrected chi connectivity index (χ0v) is 22.0. The van der Waals surface area contributed by atoms with Gasteiger partial charge in [0.1, 0.15) is 0 Å². The Morgan fingerprint density at radius 2 is 1.00 bits per heavy atom. The minimum atomic E-state index is -3.41. The van der Waals surface area contributed by atoms with E-state index >= 15 is 0 Å². The van der Waals surface area contributed by atoms with E-state index in [0.29, 0.717) is 0 Å². The molecule has 1 saturated heterocycles. The van der Waals surface area contributed by atoms with Crippen LogP contribution in [0.25, 0.3) is 0 Å². The molecule has 3 rings (SSSR count). The van der Waals surface area contributed by atoms with E-state index in [1.807, 2.05) is 0 Å². The molecule has 178 valence electrons. The second-order valence-electron chi connectivity index (χ2n) is 7.59. The Hall–Kier alpha value is -0.930. The van der Waals surface area contributed by atoms with Crippen LogP contribution in [0.3, 0.4) is 0 Å². The third kappa shape index (κ3) is 7.04. The number of hydrogen-bond donors (Lipinski definition) is 2. The van der Waals surface area contributed by atoms with Crippen molar-refractivity contribution >= 4 is 103 Å². The zero-order chi connectivity index (χ0) is 24.5. The molecule has 2 aromatic rings. The SMILES string of the molecule is O=C(CC1CS(=O)(=O)CC1CC(=O)Nc1cc(Cl)c(Cl)cc1Cl)Nc1cc(Cl)c(Cl)cc1Cl. The smallest absolute Gasteiger partial charge is 0.224 e. The van der Waals surface area contributed by atoms with Gasteiger partial charge in [-0.25, -0.2) is 8.42 Å². The van der Waals surface area contributed by atoms with Crippen molar-refractivity contribution in [2.24, 2.45) is 11.8 Å². The maximum atomic E-state index is 12.6. The Kier molecular flexibility index (Phi) is 8.71. The maximum absolute atomic E-state index is 12.6. The molecule has 33 heavy (non-hydrogen) atoms. The lowest BCUT2D eigenvalue weighted by atomic mass is 9.89. The highest BCUT2D eigenvalue weighted by Gasteiger charge is 2.39. The van der Waals surface area contributed by atoms with E-state index in [1.54, 1.807) is 0 Å². The van der Waals surface area contributed by atoms with Crippen LogP contribution in [0.2, 0.25) is 30.1 Å². The molecule has 0 saturated carbocycles. The second kappa shape index (κ2) is 10.8. The Labute approximate surface area is 220 Å². The first-order valence-corrected chi connectivity index (χ1v) is 13.5. The number of carbonyl (C=O) groups excluding carboxylic acids is 2. The van der Waals surface area contributed by atoms with Gasteiger partial charge in [-0.3, -0.25) is 9.59 Å². The summed E-state index contributed by atoms with van der Waals surface area (Å²) >= 11 is 35.9. The molecule has 1 aliphatic heterocycles. The van der Waals surface area contributed by atoms with Crippen molar-refractivity contribution in [2.75, 3.05) is 22.1 Å². The molecule has 0 aromatic heterocycles. The quantitative estimate of drug-likeness (QED) is 0.369. The van der Waals surface area contributed by atoms with Crippen LogP contribution in [-0.4, -0.2) is 31.7 Å². The summed E-state index contributed by atoms with van der Waals surface area (Å²) in [4.78, 5) is 25.2. The fourth-order valence-electron chi connectivity index (χ4n) is 3.56. The summed E-state index contributed by atoms with van der Waals surface area (Å²) in [5, 5.41) is 6.47. The Bertz CT molecular complexity index is 1130. The number of halogens is 6. The second-order valence-corrected chi connectivity index (χ2v) is 12.2. The molecular formula is C20H16Cl6N2O4S. The highest BCUT2D eigenvalue weighted by atomic mass is 35.5. The third-order valence-corrected chi connectivity index (χ3v) is 9.01. The lowest BCUT2D eigenvalue weighted by molar-refractivity contribution is -0.119. The van der Waals surface area contributed by atoms with Crippen LogP contribution in [0.1, 0.15) is 12.8 Å². The van der Waals surface area contributed by atoms with E-state index < -0.39 is 33.5 Å². The van der Waals surface area contributed by atoms with Crippen molar-refractivity contribution in [3.8, 4) is 0 Å². The van der Waals surface area contributed by atoms with Crippen LogP contribution < -0.4 is 10.6 Å². The van der Waals surface area contributed by atoms with Gasteiger partial charge in [0.25, 0.3) is 0 Å². The summed E-state index contributed by atoms with van der Waals surface area (Å²) in [6, 6.07) is 5.59. The Morgan fingerprint density at radius 1 is 0.667 bits per heavy atom. The van der Waals surface area contributed by atoms with Gasteiger partial charge in [0.15, 0.2) is 9.84 Å². The van der Waals surface area contributed by atoms with Crippen molar-refractivity contribution in [1.82, 2.24) is 0 Å². The molecule has 1 fully saturated rings. The van der Waals surface area contributed by atoms with Crippen LogP contribution in [0.15, 0.2) is 24.3 Å². The molecule has 6 nitrogen and oxygen atoms in total. The van der Waals surface area contributed by atoms with E-state index in [9.17, 15) is 18.0 Å². The molecule has 0 spiro atoms. The standard InChI is InChI=1S/C20H16Cl6N2O4S/c21-11-3-15(25)17(5-13(11)23)27-19(29)1-9-7-33(31,32)8-10(9)2-20(30)28-18-6-14(24)12(22)4-16(18)26/h3-6,9-10H,1-2,7-8H2,(H,27,29)(H,28,30). The molecule has 13 heteroatoms. The van der Waals surface area contributed by atoms with E-state index in [1.165, 1.54) is 24.3 Å². The van der Waals surface area contributed by atoms with Crippen LogP contribution in [0, 0.1) is 11.8 Å². The van der Waals surface area contributed by atoms with Gasteiger partial charge < -0.3 is 10.6 Å². The number of carbonyl (C=O) groups is 2. The van der Waals surface area contributed by atoms with Crippen molar-refractivity contribution in [2.45, 2.75) is 12.8 Å². The van der Waals surface area contributed by atoms with Gasteiger partial charge in [0.2, 0.25) is 11.8 Å². The number of hydrogen-bond acceptors (Lipinski definition) is 4. The fourth-order valence-corrected chi connectivity index (χ4v) is 6.97. The largest absolute Gasteiger partial charge is 0.325 e. The van der Waals surface area contributed by atoms with Crippen LogP contribution in [0.4, 0.5) is 11.4 Å². The summed E-state index contributed by atoms with van der Waals surface area (Å²) in [5.41, 5.74) is 0.501. The van der Waals surface area contributed by atoms with Crippen molar-refractivity contribution < 1.29 is 18.0 Å². The number of sulfone groups is 1. The lowest BCUT2D eigenvalue weighted by Crippen LogP contribution is -2.25. The van der Waals surface area contributed by atoms with Gasteiger partial charge >= 0.3 is 0 Å². The summed E-state index contributed by atoms with van der Waals surface area (Å²) in [6.07, 6.45) is -0.247. The average Bonchev–Trinajstić information content (AvgIpc) is 2.96. The van der Waals surface area contributed by atoms with Crippen molar-refractivity contribution in [3.05, 3.63) is 54.4 Å². The monoisotopic (exact) mass is 590 g/mol. The molecule has 2 unspecified atom stereocenters. The normalized spacial score (nSPS) is 19.3. The van der Waals surface area contributed by atoms with E-state index in [0.717, 1.165) is 0 Å². The topological polar surface area (TPSA) is 92.3 Å². The van der Waals surface area contributed by atoms with Gasteiger partial charge in [-0.15, -0.1) is 0 Å². The maximum Gasteiger partial charge on any atom is 0.224 e. The van der Waals surface area contributed by atoms with Gasteiger partial charge in [0.05, 0.1) is 53.0 Å². The fraction of sp³-hybridized carbons (Fsp3) is 0.300. The van der Waals surface area contributed by atoms with Crippen LogP contribution in [0.5, 0.6) is 0 Å². The van der Waals surface area contributed by atoms with Gasteiger partial charge in [-0.1, -0.05) is 69.6 Å². The van der Waals surface area contributed by atoms with Crippen molar-refractivity contribution in [1.29, 1.82) is 0 Å². The molecule has 0 aliphatic carbocycles. The number of rotatable bonds is 6. The first-order chi connectivity index (χ1) is 15.3. The zero-order valence-electron chi connectivity index (χ0n) is 16.6. The molecule has 2 aromatic carbocycles. The predicted molar refractivity (Wildman–Crippen MR) is 135 cm³/mol. The average molecular weight is 593 g/mol. The van der Waals surface area contributed by atoms with Gasteiger partial charge in [0, 0.05) is 12.8 Å². The van der Waals surface area contributed by atoms with E-state index in [-0.39, 0.29) is 65.9 Å². The Balaban J connectivity index is 1.68. The van der Waals surface area contributed by atoms with E-state index in [4.69, 9.17) is 69.6 Å². The lowest BCUT2D eigenvalue weighted by Gasteiger charge is -2.18. The Morgan fingerprint density at radius 3 is 1.36 bits per heavy atom. The first-order valence-electron chi connectivity index (χ1n) is 9.44. The van der Waals surface area contributed by atoms with Gasteiger partial charge in [-0.05, 0) is 36.1 Å². The van der Waals surface area contributed by atoms with Crippen LogP contribution in [-0.2, 0) is 19.4 Å². The number of benzene rings is 2. The first kappa shape index (κ1) is 26.7. The molecule has 1 aliphatic rings. The highest BCUT2D eigenvalue weighted by molar-refractivity contribution is 7.91. The number of amides is 2. The third-order valence-electron chi connectivity index (χ3n) is 5.07. The molecule has 0 radical (unpaired) electrons. The molecule has 1 heterocycles. The summed E-state index contributed by atoms with van der Waals surface area (Å²) in [7, 11) is -3.41. The summed E-state index contributed by atoms with van der Waals surface area (Å²) < 4.78 is 24.5. The predicted octanol–water partition coefficient (Wildman–Crippen LogP) is 6.63.